The number of carbonyl (C=O) groups is 1. The molecule has 8 heteroatoms. The second-order valence-corrected chi connectivity index (χ2v) is 5.18. The summed E-state index contributed by atoms with van der Waals surface area (Å²) in [5.41, 5.74) is 1.53. The van der Waals surface area contributed by atoms with Crippen molar-refractivity contribution in [2.24, 2.45) is 0 Å². The summed E-state index contributed by atoms with van der Waals surface area (Å²) in [7, 11) is 0. The van der Waals surface area contributed by atoms with Crippen molar-refractivity contribution >= 4 is 5.91 Å². The third-order valence-electron chi connectivity index (χ3n) is 3.40. The lowest BCUT2D eigenvalue weighted by atomic mass is 10.2. The standard InChI is InChI=1S/C17H13F2N3O3/c1-10-15(22-25-21-10)9-20-17(23)11-2-5-13(6-3-11)24-16-7-4-12(18)8-14(16)19/h2-8H,9H2,1H3,(H,20,23). The van der Waals surface area contributed by atoms with Gasteiger partial charge in [0.25, 0.3) is 5.91 Å². The molecule has 1 aromatic heterocycles. The average Bonchev–Trinajstić information content (AvgIpc) is 3.01. The topological polar surface area (TPSA) is 77.3 Å². The monoisotopic (exact) mass is 345 g/mol. The minimum Gasteiger partial charge on any atom is -0.454 e. The molecule has 0 saturated carbocycles. The van der Waals surface area contributed by atoms with Crippen LogP contribution in [0.2, 0.25) is 0 Å². The number of amides is 1. The van der Waals surface area contributed by atoms with Crippen molar-refractivity contribution in [3.8, 4) is 11.5 Å². The predicted molar refractivity (Wildman–Crippen MR) is 83.1 cm³/mol. The molecule has 0 fully saturated rings. The van der Waals surface area contributed by atoms with Gasteiger partial charge in [-0.25, -0.2) is 13.4 Å². The normalized spacial score (nSPS) is 10.5. The Labute approximate surface area is 141 Å². The Kier molecular flexibility index (Phi) is 4.69. The minimum atomic E-state index is -0.807. The second-order valence-electron chi connectivity index (χ2n) is 5.18. The van der Waals surface area contributed by atoms with Crippen molar-refractivity contribution in [1.82, 2.24) is 15.6 Å². The second kappa shape index (κ2) is 7.08. The molecule has 0 unspecified atom stereocenters. The molecule has 0 aliphatic carbocycles. The van der Waals surface area contributed by atoms with E-state index >= 15 is 0 Å². The SMILES string of the molecule is Cc1nonc1CNC(=O)c1ccc(Oc2ccc(F)cc2F)cc1. The Bertz CT molecular complexity index is 894. The number of carbonyl (C=O) groups excluding carboxylic acids is 1. The Balaban J connectivity index is 1.63. The summed E-state index contributed by atoms with van der Waals surface area (Å²) in [4.78, 5) is 12.1. The van der Waals surface area contributed by atoms with E-state index in [1.54, 1.807) is 6.92 Å². The summed E-state index contributed by atoms with van der Waals surface area (Å²) in [5.74, 6) is -1.60. The van der Waals surface area contributed by atoms with Crippen molar-refractivity contribution in [2.45, 2.75) is 13.5 Å². The Hall–Kier alpha value is -3.29. The van der Waals surface area contributed by atoms with Crippen molar-refractivity contribution in [2.75, 3.05) is 0 Å². The van der Waals surface area contributed by atoms with Gasteiger partial charge in [-0.2, -0.15) is 0 Å². The summed E-state index contributed by atoms with van der Waals surface area (Å²) in [6, 6.07) is 9.11. The fraction of sp³-hybridized carbons (Fsp3) is 0.118. The maximum Gasteiger partial charge on any atom is 0.251 e. The maximum atomic E-state index is 13.6. The number of aryl methyl sites for hydroxylation is 1. The molecular weight excluding hydrogens is 332 g/mol. The zero-order valence-electron chi connectivity index (χ0n) is 13.1. The largest absolute Gasteiger partial charge is 0.454 e. The van der Waals surface area contributed by atoms with E-state index in [0.29, 0.717) is 22.7 Å². The first-order valence-electron chi connectivity index (χ1n) is 7.32. The number of benzene rings is 2. The average molecular weight is 345 g/mol. The molecule has 2 aromatic carbocycles. The quantitative estimate of drug-likeness (QED) is 0.767. The van der Waals surface area contributed by atoms with Crippen molar-refractivity contribution in [3.63, 3.8) is 0 Å². The molecule has 0 bridgehead atoms. The zero-order valence-corrected chi connectivity index (χ0v) is 13.1. The van der Waals surface area contributed by atoms with Crippen LogP contribution in [-0.4, -0.2) is 16.2 Å². The highest BCUT2D eigenvalue weighted by atomic mass is 19.1. The highest BCUT2D eigenvalue weighted by Crippen LogP contribution is 2.25. The Morgan fingerprint density at radius 3 is 2.56 bits per heavy atom. The van der Waals surface area contributed by atoms with E-state index in [2.05, 4.69) is 20.3 Å². The first-order chi connectivity index (χ1) is 12.0. The number of ether oxygens (including phenoxy) is 1. The van der Waals surface area contributed by atoms with Crippen molar-refractivity contribution < 1.29 is 22.9 Å². The van der Waals surface area contributed by atoms with E-state index in [1.807, 2.05) is 0 Å². The lowest BCUT2D eigenvalue weighted by molar-refractivity contribution is 0.0950. The van der Waals surface area contributed by atoms with E-state index in [-0.39, 0.29) is 18.2 Å². The van der Waals surface area contributed by atoms with Gasteiger partial charge in [0, 0.05) is 11.6 Å². The van der Waals surface area contributed by atoms with E-state index < -0.39 is 11.6 Å². The van der Waals surface area contributed by atoms with Gasteiger partial charge in [0.05, 0.1) is 6.54 Å². The molecule has 0 radical (unpaired) electrons. The fourth-order valence-electron chi connectivity index (χ4n) is 2.04. The van der Waals surface area contributed by atoms with Crippen LogP contribution in [0.25, 0.3) is 0 Å². The van der Waals surface area contributed by atoms with Crippen LogP contribution in [0.4, 0.5) is 8.78 Å². The zero-order chi connectivity index (χ0) is 17.8. The van der Waals surface area contributed by atoms with Crippen LogP contribution in [0.3, 0.4) is 0 Å². The molecule has 0 atom stereocenters. The first-order valence-corrected chi connectivity index (χ1v) is 7.32. The Morgan fingerprint density at radius 2 is 1.92 bits per heavy atom. The van der Waals surface area contributed by atoms with Crippen LogP contribution < -0.4 is 10.1 Å². The molecule has 0 aliphatic heterocycles. The molecular formula is C17H13F2N3O3. The smallest absolute Gasteiger partial charge is 0.251 e. The van der Waals surface area contributed by atoms with Gasteiger partial charge in [-0.05, 0) is 43.3 Å². The minimum absolute atomic E-state index is 0.104. The van der Waals surface area contributed by atoms with E-state index in [4.69, 9.17) is 4.74 Å². The summed E-state index contributed by atoms with van der Waals surface area (Å²) >= 11 is 0. The fourth-order valence-corrected chi connectivity index (χ4v) is 2.04. The van der Waals surface area contributed by atoms with Crippen molar-refractivity contribution in [3.05, 3.63) is 71.1 Å². The summed E-state index contributed by atoms with van der Waals surface area (Å²) in [6.45, 7) is 1.91. The molecule has 6 nitrogen and oxygen atoms in total. The molecule has 1 amide bonds. The molecule has 1 heterocycles. The van der Waals surface area contributed by atoms with Gasteiger partial charge in [0.15, 0.2) is 11.6 Å². The van der Waals surface area contributed by atoms with Crippen molar-refractivity contribution in [1.29, 1.82) is 0 Å². The van der Waals surface area contributed by atoms with Crippen LogP contribution in [0, 0.1) is 18.6 Å². The van der Waals surface area contributed by atoms with E-state index in [1.165, 1.54) is 30.3 Å². The van der Waals surface area contributed by atoms with Gasteiger partial charge < -0.3 is 10.1 Å². The third-order valence-corrected chi connectivity index (χ3v) is 3.40. The number of hydrogen-bond donors (Lipinski definition) is 1. The lowest BCUT2D eigenvalue weighted by Crippen LogP contribution is -2.23. The predicted octanol–water partition coefficient (Wildman–Crippen LogP) is 3.38. The van der Waals surface area contributed by atoms with Gasteiger partial charge in [-0.15, -0.1) is 0 Å². The number of aromatic nitrogens is 2. The molecule has 3 rings (SSSR count). The first kappa shape index (κ1) is 16.6. The van der Waals surface area contributed by atoms with Crippen LogP contribution >= 0.6 is 0 Å². The van der Waals surface area contributed by atoms with Crippen LogP contribution in [-0.2, 0) is 6.54 Å². The Morgan fingerprint density at radius 1 is 1.16 bits per heavy atom. The molecule has 0 aliphatic rings. The lowest BCUT2D eigenvalue weighted by Gasteiger charge is -2.08. The molecule has 1 N–H and O–H groups in total. The number of halogens is 2. The summed E-state index contributed by atoms with van der Waals surface area (Å²) in [5, 5.41) is 9.98. The van der Waals surface area contributed by atoms with Gasteiger partial charge >= 0.3 is 0 Å². The highest BCUT2D eigenvalue weighted by molar-refractivity contribution is 5.94. The third kappa shape index (κ3) is 3.97. The summed E-state index contributed by atoms with van der Waals surface area (Å²) < 4.78 is 36.3. The number of rotatable bonds is 5. The van der Waals surface area contributed by atoms with Crippen LogP contribution in [0.15, 0.2) is 47.1 Å². The molecule has 25 heavy (non-hydrogen) atoms. The van der Waals surface area contributed by atoms with E-state index in [9.17, 15) is 13.6 Å². The maximum absolute atomic E-state index is 13.6. The molecule has 0 saturated heterocycles. The van der Waals surface area contributed by atoms with Crippen LogP contribution in [0.5, 0.6) is 11.5 Å². The van der Waals surface area contributed by atoms with Gasteiger partial charge in [-0.3, -0.25) is 4.79 Å². The number of hydrogen-bond acceptors (Lipinski definition) is 5. The van der Waals surface area contributed by atoms with Gasteiger partial charge in [0.1, 0.15) is 23.0 Å². The molecule has 3 aromatic rings. The highest BCUT2D eigenvalue weighted by Gasteiger charge is 2.10. The van der Waals surface area contributed by atoms with E-state index in [0.717, 1.165) is 12.1 Å². The van der Waals surface area contributed by atoms with Gasteiger partial charge in [-0.1, -0.05) is 10.3 Å². The molecule has 128 valence electrons. The number of nitrogens with one attached hydrogen (secondary N) is 1. The van der Waals surface area contributed by atoms with Gasteiger partial charge in [0.2, 0.25) is 0 Å². The van der Waals surface area contributed by atoms with Crippen LogP contribution in [0.1, 0.15) is 21.7 Å². The molecule has 0 spiro atoms. The number of nitrogens with zero attached hydrogens (tertiary/aromatic N) is 2. The summed E-state index contributed by atoms with van der Waals surface area (Å²) in [6.07, 6.45) is 0.